The van der Waals surface area contributed by atoms with E-state index in [0.717, 1.165) is 19.3 Å². The first-order valence-corrected chi connectivity index (χ1v) is 6.44. The molecular formula is C14H17NO5. The molecule has 0 aliphatic heterocycles. The molecule has 1 aromatic carbocycles. The molecular weight excluding hydrogens is 262 g/mol. The van der Waals surface area contributed by atoms with E-state index in [1.165, 1.54) is 18.2 Å². The zero-order chi connectivity index (χ0) is 14.8. The van der Waals surface area contributed by atoms with E-state index < -0.39 is 11.9 Å². The third-order valence-electron chi connectivity index (χ3n) is 3.80. The minimum absolute atomic E-state index is 0.0497. The monoisotopic (exact) mass is 279 g/mol. The molecule has 0 bridgehead atoms. The van der Waals surface area contributed by atoms with Gasteiger partial charge < -0.3 is 20.6 Å². The van der Waals surface area contributed by atoms with Crippen LogP contribution in [-0.2, 0) is 4.79 Å². The van der Waals surface area contributed by atoms with Crippen LogP contribution in [0.25, 0.3) is 0 Å². The molecule has 1 aromatic rings. The van der Waals surface area contributed by atoms with Crippen molar-refractivity contribution in [2.75, 3.05) is 6.54 Å². The second kappa shape index (κ2) is 5.40. The molecule has 2 rings (SSSR count). The van der Waals surface area contributed by atoms with E-state index in [0.29, 0.717) is 6.54 Å². The summed E-state index contributed by atoms with van der Waals surface area (Å²) >= 11 is 0. The lowest BCUT2D eigenvalue weighted by atomic mass is 9.66. The first-order chi connectivity index (χ1) is 9.42. The number of carboxylic acid groups (broad SMARTS) is 1. The molecule has 0 heterocycles. The first kappa shape index (κ1) is 14.2. The van der Waals surface area contributed by atoms with Crippen LogP contribution in [-0.4, -0.2) is 33.7 Å². The standard InChI is InChI=1S/C14H17NO5/c16-10-3-2-9(6-11(10)17)13(20)15-8-14(4-1-5-14)7-12(18)19/h2-3,6,16-17H,1,4-5,7-8H2,(H,15,20)(H,18,19). The summed E-state index contributed by atoms with van der Waals surface area (Å²) < 4.78 is 0. The van der Waals surface area contributed by atoms with Gasteiger partial charge in [-0.2, -0.15) is 0 Å². The van der Waals surface area contributed by atoms with Gasteiger partial charge in [-0.15, -0.1) is 0 Å². The molecule has 6 heteroatoms. The van der Waals surface area contributed by atoms with Crippen LogP contribution in [0.2, 0.25) is 0 Å². The second-order valence-corrected chi connectivity index (χ2v) is 5.31. The highest BCUT2D eigenvalue weighted by Crippen LogP contribution is 2.43. The Hall–Kier alpha value is -2.24. The molecule has 6 nitrogen and oxygen atoms in total. The van der Waals surface area contributed by atoms with E-state index in [1.54, 1.807) is 0 Å². The molecule has 1 saturated carbocycles. The maximum absolute atomic E-state index is 11.9. The number of nitrogens with one attached hydrogen (secondary N) is 1. The maximum Gasteiger partial charge on any atom is 0.303 e. The van der Waals surface area contributed by atoms with Crippen LogP contribution < -0.4 is 5.32 Å². The molecule has 0 aromatic heterocycles. The van der Waals surface area contributed by atoms with Crippen molar-refractivity contribution in [3.63, 3.8) is 0 Å². The largest absolute Gasteiger partial charge is 0.504 e. The van der Waals surface area contributed by atoms with Gasteiger partial charge >= 0.3 is 5.97 Å². The van der Waals surface area contributed by atoms with Crippen molar-refractivity contribution >= 4 is 11.9 Å². The zero-order valence-corrected chi connectivity index (χ0v) is 10.9. The molecule has 1 aliphatic rings. The number of aromatic hydroxyl groups is 2. The molecule has 20 heavy (non-hydrogen) atoms. The van der Waals surface area contributed by atoms with Crippen molar-refractivity contribution in [2.24, 2.45) is 5.41 Å². The van der Waals surface area contributed by atoms with Gasteiger partial charge in [0.1, 0.15) is 0 Å². The molecule has 1 amide bonds. The van der Waals surface area contributed by atoms with Crippen molar-refractivity contribution in [2.45, 2.75) is 25.7 Å². The van der Waals surface area contributed by atoms with Crippen LogP contribution in [0.5, 0.6) is 11.5 Å². The Balaban J connectivity index is 1.97. The average molecular weight is 279 g/mol. The van der Waals surface area contributed by atoms with Crippen molar-refractivity contribution in [3.05, 3.63) is 23.8 Å². The minimum Gasteiger partial charge on any atom is -0.504 e. The zero-order valence-electron chi connectivity index (χ0n) is 10.9. The van der Waals surface area contributed by atoms with Crippen molar-refractivity contribution in [1.29, 1.82) is 0 Å². The summed E-state index contributed by atoms with van der Waals surface area (Å²) in [6.45, 7) is 0.305. The van der Waals surface area contributed by atoms with Gasteiger partial charge in [0.2, 0.25) is 0 Å². The van der Waals surface area contributed by atoms with E-state index in [4.69, 9.17) is 5.11 Å². The second-order valence-electron chi connectivity index (χ2n) is 5.31. The highest BCUT2D eigenvalue weighted by atomic mass is 16.4. The van der Waals surface area contributed by atoms with E-state index in [1.807, 2.05) is 0 Å². The fourth-order valence-electron chi connectivity index (χ4n) is 2.45. The average Bonchev–Trinajstić information content (AvgIpc) is 2.35. The number of phenolic OH excluding ortho intramolecular Hbond substituents is 2. The lowest BCUT2D eigenvalue weighted by Gasteiger charge is -2.40. The van der Waals surface area contributed by atoms with Gasteiger partial charge in [0, 0.05) is 12.1 Å². The lowest BCUT2D eigenvalue weighted by Crippen LogP contribution is -2.43. The molecule has 1 fully saturated rings. The number of phenols is 2. The Labute approximate surface area is 116 Å². The van der Waals surface area contributed by atoms with Gasteiger partial charge in [-0.05, 0) is 36.5 Å². The summed E-state index contributed by atoms with van der Waals surface area (Å²) in [7, 11) is 0. The normalized spacial score (nSPS) is 16.2. The van der Waals surface area contributed by atoms with Crippen LogP contribution in [0.3, 0.4) is 0 Å². The van der Waals surface area contributed by atoms with Gasteiger partial charge in [-0.1, -0.05) is 6.42 Å². The van der Waals surface area contributed by atoms with Crippen LogP contribution in [0, 0.1) is 5.41 Å². The van der Waals surface area contributed by atoms with Crippen LogP contribution >= 0.6 is 0 Å². The number of carbonyl (C=O) groups is 2. The molecule has 0 radical (unpaired) electrons. The van der Waals surface area contributed by atoms with Gasteiger partial charge in [-0.25, -0.2) is 0 Å². The van der Waals surface area contributed by atoms with Crippen molar-refractivity contribution in [3.8, 4) is 11.5 Å². The highest BCUT2D eigenvalue weighted by Gasteiger charge is 2.39. The van der Waals surface area contributed by atoms with E-state index in [2.05, 4.69) is 5.32 Å². The molecule has 0 saturated heterocycles. The molecule has 0 spiro atoms. The predicted molar refractivity (Wildman–Crippen MR) is 70.6 cm³/mol. The predicted octanol–water partition coefficient (Wildman–Crippen LogP) is 1.47. The van der Waals surface area contributed by atoms with Crippen LogP contribution in [0.1, 0.15) is 36.0 Å². The lowest BCUT2D eigenvalue weighted by molar-refractivity contribution is -0.141. The third kappa shape index (κ3) is 3.01. The Morgan fingerprint density at radius 2 is 1.90 bits per heavy atom. The van der Waals surface area contributed by atoms with Gasteiger partial charge in [-0.3, -0.25) is 9.59 Å². The Morgan fingerprint density at radius 1 is 1.20 bits per heavy atom. The van der Waals surface area contributed by atoms with Crippen molar-refractivity contribution in [1.82, 2.24) is 5.32 Å². The summed E-state index contributed by atoms with van der Waals surface area (Å²) in [6.07, 6.45) is 2.61. The van der Waals surface area contributed by atoms with E-state index >= 15 is 0 Å². The van der Waals surface area contributed by atoms with Gasteiger partial charge in [0.05, 0.1) is 6.42 Å². The summed E-state index contributed by atoms with van der Waals surface area (Å²) in [5.74, 6) is -1.90. The van der Waals surface area contributed by atoms with E-state index in [9.17, 15) is 19.8 Å². The van der Waals surface area contributed by atoms with Gasteiger partial charge in [0.15, 0.2) is 11.5 Å². The molecule has 0 unspecified atom stereocenters. The number of carbonyl (C=O) groups excluding carboxylic acids is 1. The molecule has 1 aliphatic carbocycles. The SMILES string of the molecule is O=C(O)CC1(CNC(=O)c2ccc(O)c(O)c2)CCC1. The van der Waals surface area contributed by atoms with Gasteiger partial charge in [0.25, 0.3) is 5.91 Å². The van der Waals surface area contributed by atoms with Crippen LogP contribution in [0.4, 0.5) is 0 Å². The molecule has 4 N–H and O–H groups in total. The fraction of sp³-hybridized carbons (Fsp3) is 0.429. The highest BCUT2D eigenvalue weighted by molar-refractivity contribution is 5.94. The Bertz CT molecular complexity index is 536. The Kier molecular flexibility index (Phi) is 3.83. The number of benzene rings is 1. The number of carboxylic acids is 1. The summed E-state index contributed by atoms with van der Waals surface area (Å²) in [6, 6.07) is 3.81. The van der Waals surface area contributed by atoms with E-state index in [-0.39, 0.29) is 28.9 Å². The topological polar surface area (TPSA) is 107 Å². The summed E-state index contributed by atoms with van der Waals surface area (Å²) in [5, 5.41) is 30.1. The maximum atomic E-state index is 11.9. The molecule has 108 valence electrons. The number of hydrogen-bond acceptors (Lipinski definition) is 4. The summed E-state index contributed by atoms with van der Waals surface area (Å²) in [4.78, 5) is 22.8. The number of amides is 1. The minimum atomic E-state index is -0.860. The van der Waals surface area contributed by atoms with Crippen molar-refractivity contribution < 1.29 is 24.9 Å². The smallest absolute Gasteiger partial charge is 0.303 e. The fourth-order valence-corrected chi connectivity index (χ4v) is 2.45. The number of rotatable bonds is 5. The van der Waals surface area contributed by atoms with Crippen LogP contribution in [0.15, 0.2) is 18.2 Å². The quantitative estimate of drug-likeness (QED) is 0.611. The number of aliphatic carboxylic acids is 1. The third-order valence-corrected chi connectivity index (χ3v) is 3.80. The first-order valence-electron chi connectivity index (χ1n) is 6.44. The molecule has 0 atom stereocenters. The number of hydrogen-bond donors (Lipinski definition) is 4. The Morgan fingerprint density at radius 3 is 2.40 bits per heavy atom. The summed E-state index contributed by atoms with van der Waals surface area (Å²) in [5.41, 5.74) is -0.120.